The third-order valence-electron chi connectivity index (χ3n) is 5.11. The van der Waals surface area contributed by atoms with Crippen LogP contribution < -0.4 is 10.2 Å². The zero-order valence-electron chi connectivity index (χ0n) is 13.1. The molecule has 1 aromatic rings. The summed E-state index contributed by atoms with van der Waals surface area (Å²) in [6.07, 6.45) is 3.19. The first-order valence-corrected chi connectivity index (χ1v) is 7.91. The standard InChI is InChI=1S/C17H25N3O/c1-17(18-2)8-11-19(12-9-17)13-16(21)20-10-7-14-5-3-4-6-15(14)20/h3-6,18H,7-13H2,1-2H3. The smallest absolute Gasteiger partial charge is 0.241 e. The highest BCUT2D eigenvalue weighted by molar-refractivity contribution is 5.96. The van der Waals surface area contributed by atoms with Crippen LogP contribution in [0.5, 0.6) is 0 Å². The number of carbonyl (C=O) groups excluding carboxylic acids is 1. The normalized spacial score (nSPS) is 21.3. The molecule has 1 N–H and O–H groups in total. The molecule has 1 fully saturated rings. The van der Waals surface area contributed by atoms with E-state index in [2.05, 4.69) is 35.3 Å². The number of likely N-dealkylation sites (tertiary alicyclic amines) is 1. The lowest BCUT2D eigenvalue weighted by atomic mass is 9.90. The first kappa shape index (κ1) is 14.5. The molecule has 0 atom stereocenters. The van der Waals surface area contributed by atoms with E-state index in [0.29, 0.717) is 6.54 Å². The maximum atomic E-state index is 12.6. The molecule has 0 saturated carbocycles. The van der Waals surface area contributed by atoms with Gasteiger partial charge in [0.1, 0.15) is 0 Å². The fraction of sp³-hybridized carbons (Fsp3) is 0.588. The number of benzene rings is 1. The molecule has 2 aliphatic heterocycles. The molecule has 4 heteroatoms. The van der Waals surface area contributed by atoms with Gasteiger partial charge < -0.3 is 10.2 Å². The second kappa shape index (κ2) is 5.78. The van der Waals surface area contributed by atoms with Crippen molar-refractivity contribution in [3.05, 3.63) is 29.8 Å². The Morgan fingerprint density at radius 2 is 1.95 bits per heavy atom. The van der Waals surface area contributed by atoms with E-state index in [1.54, 1.807) is 0 Å². The first-order chi connectivity index (χ1) is 10.1. The van der Waals surface area contributed by atoms with Gasteiger partial charge in [0.15, 0.2) is 0 Å². The SMILES string of the molecule is CNC1(C)CCN(CC(=O)N2CCc3ccccc32)CC1. The number of nitrogens with one attached hydrogen (secondary N) is 1. The molecule has 3 rings (SSSR count). The van der Waals surface area contributed by atoms with E-state index < -0.39 is 0 Å². The molecule has 0 radical (unpaired) electrons. The monoisotopic (exact) mass is 287 g/mol. The number of rotatable bonds is 3. The lowest BCUT2D eigenvalue weighted by Gasteiger charge is -2.39. The molecule has 2 aliphatic rings. The maximum absolute atomic E-state index is 12.6. The van der Waals surface area contributed by atoms with E-state index in [1.165, 1.54) is 5.56 Å². The molecule has 0 aliphatic carbocycles. The Morgan fingerprint density at radius 1 is 1.24 bits per heavy atom. The van der Waals surface area contributed by atoms with Crippen molar-refractivity contribution < 1.29 is 4.79 Å². The Hall–Kier alpha value is -1.39. The van der Waals surface area contributed by atoms with Gasteiger partial charge in [-0.1, -0.05) is 18.2 Å². The van der Waals surface area contributed by atoms with Crippen LogP contribution in [-0.2, 0) is 11.2 Å². The molecule has 0 bridgehead atoms. The quantitative estimate of drug-likeness (QED) is 0.918. The van der Waals surface area contributed by atoms with E-state index in [4.69, 9.17) is 0 Å². The molecule has 1 amide bonds. The maximum Gasteiger partial charge on any atom is 0.241 e. The number of nitrogens with zero attached hydrogens (tertiary/aromatic N) is 2. The van der Waals surface area contributed by atoms with E-state index in [9.17, 15) is 4.79 Å². The third kappa shape index (κ3) is 2.97. The van der Waals surface area contributed by atoms with Crippen LogP contribution in [0, 0.1) is 0 Å². The number of hydrogen-bond donors (Lipinski definition) is 1. The Bertz CT molecular complexity index is 521. The predicted molar refractivity (Wildman–Crippen MR) is 85.6 cm³/mol. The molecule has 0 aromatic heterocycles. The van der Waals surface area contributed by atoms with E-state index in [-0.39, 0.29) is 11.4 Å². The van der Waals surface area contributed by atoms with Gasteiger partial charge in [-0.25, -0.2) is 0 Å². The highest BCUT2D eigenvalue weighted by Gasteiger charge is 2.31. The Labute approximate surface area is 127 Å². The molecular formula is C17H25N3O. The van der Waals surface area contributed by atoms with Crippen molar-refractivity contribution in [1.29, 1.82) is 0 Å². The number of hydrogen-bond acceptors (Lipinski definition) is 3. The van der Waals surface area contributed by atoms with Gasteiger partial charge in [0.05, 0.1) is 6.54 Å². The van der Waals surface area contributed by atoms with Crippen LogP contribution >= 0.6 is 0 Å². The second-order valence-corrected chi connectivity index (χ2v) is 6.51. The lowest BCUT2D eigenvalue weighted by Crippen LogP contribution is -2.52. The van der Waals surface area contributed by atoms with Crippen molar-refractivity contribution >= 4 is 11.6 Å². The van der Waals surface area contributed by atoms with Crippen molar-refractivity contribution in [2.75, 3.05) is 38.1 Å². The van der Waals surface area contributed by atoms with Crippen LogP contribution in [0.4, 0.5) is 5.69 Å². The van der Waals surface area contributed by atoms with E-state index in [0.717, 1.165) is 44.6 Å². The summed E-state index contributed by atoms with van der Waals surface area (Å²) >= 11 is 0. The molecule has 2 heterocycles. The zero-order valence-corrected chi connectivity index (χ0v) is 13.1. The van der Waals surface area contributed by atoms with Crippen LogP contribution in [-0.4, -0.2) is 49.6 Å². The number of amides is 1. The minimum Gasteiger partial charge on any atom is -0.314 e. The van der Waals surface area contributed by atoms with Gasteiger partial charge in [0.25, 0.3) is 0 Å². The number of para-hydroxylation sites is 1. The Kier molecular flexibility index (Phi) is 4.00. The molecule has 114 valence electrons. The van der Waals surface area contributed by atoms with Gasteiger partial charge in [-0.3, -0.25) is 9.69 Å². The van der Waals surface area contributed by atoms with Crippen LogP contribution in [0.25, 0.3) is 0 Å². The summed E-state index contributed by atoms with van der Waals surface area (Å²) in [7, 11) is 2.03. The number of piperidine rings is 1. The first-order valence-electron chi connectivity index (χ1n) is 7.91. The summed E-state index contributed by atoms with van der Waals surface area (Å²) < 4.78 is 0. The van der Waals surface area contributed by atoms with Crippen molar-refractivity contribution in [3.8, 4) is 0 Å². The van der Waals surface area contributed by atoms with Gasteiger partial charge >= 0.3 is 0 Å². The third-order valence-corrected chi connectivity index (χ3v) is 5.11. The number of fused-ring (bicyclic) bond motifs is 1. The number of carbonyl (C=O) groups is 1. The molecular weight excluding hydrogens is 262 g/mol. The lowest BCUT2D eigenvalue weighted by molar-refractivity contribution is -0.120. The highest BCUT2D eigenvalue weighted by Crippen LogP contribution is 2.28. The van der Waals surface area contributed by atoms with Crippen molar-refractivity contribution in [2.24, 2.45) is 0 Å². The molecule has 0 unspecified atom stereocenters. The summed E-state index contributed by atoms with van der Waals surface area (Å²) in [5, 5.41) is 3.40. The van der Waals surface area contributed by atoms with Gasteiger partial charge in [0.2, 0.25) is 5.91 Å². The fourth-order valence-corrected chi connectivity index (χ4v) is 3.33. The Morgan fingerprint density at radius 3 is 2.67 bits per heavy atom. The largest absolute Gasteiger partial charge is 0.314 e. The van der Waals surface area contributed by atoms with Crippen LogP contribution in [0.3, 0.4) is 0 Å². The highest BCUT2D eigenvalue weighted by atomic mass is 16.2. The molecule has 21 heavy (non-hydrogen) atoms. The second-order valence-electron chi connectivity index (χ2n) is 6.51. The van der Waals surface area contributed by atoms with Gasteiger partial charge in [-0.05, 0) is 44.9 Å². The molecule has 4 nitrogen and oxygen atoms in total. The summed E-state index contributed by atoms with van der Waals surface area (Å²) in [4.78, 5) is 16.8. The minimum atomic E-state index is 0.236. The van der Waals surface area contributed by atoms with Gasteiger partial charge in [0, 0.05) is 30.9 Å². The van der Waals surface area contributed by atoms with Crippen LogP contribution in [0.2, 0.25) is 0 Å². The van der Waals surface area contributed by atoms with E-state index >= 15 is 0 Å². The summed E-state index contributed by atoms with van der Waals surface area (Å²) in [5.41, 5.74) is 2.65. The topological polar surface area (TPSA) is 35.6 Å². The van der Waals surface area contributed by atoms with Crippen LogP contribution in [0.1, 0.15) is 25.3 Å². The fourth-order valence-electron chi connectivity index (χ4n) is 3.33. The summed E-state index contributed by atoms with van der Waals surface area (Å²) in [6, 6.07) is 8.26. The minimum absolute atomic E-state index is 0.236. The van der Waals surface area contributed by atoms with Crippen molar-refractivity contribution in [2.45, 2.75) is 31.7 Å². The van der Waals surface area contributed by atoms with Gasteiger partial charge in [-0.2, -0.15) is 0 Å². The van der Waals surface area contributed by atoms with E-state index in [1.807, 2.05) is 18.0 Å². The van der Waals surface area contributed by atoms with Crippen molar-refractivity contribution in [1.82, 2.24) is 10.2 Å². The Balaban J connectivity index is 1.59. The average Bonchev–Trinajstić information content (AvgIpc) is 2.94. The summed E-state index contributed by atoms with van der Waals surface area (Å²) in [5.74, 6) is 0.244. The van der Waals surface area contributed by atoms with Crippen LogP contribution in [0.15, 0.2) is 24.3 Å². The predicted octanol–water partition coefficient (Wildman–Crippen LogP) is 1.65. The van der Waals surface area contributed by atoms with Crippen molar-refractivity contribution in [3.63, 3.8) is 0 Å². The zero-order chi connectivity index (χ0) is 14.9. The molecule has 1 saturated heterocycles. The average molecular weight is 287 g/mol. The molecule has 0 spiro atoms. The van der Waals surface area contributed by atoms with Gasteiger partial charge in [-0.15, -0.1) is 0 Å². The summed E-state index contributed by atoms with van der Waals surface area (Å²) in [6.45, 7) is 5.65. The molecule has 1 aromatic carbocycles. The number of anilines is 1.